The van der Waals surface area contributed by atoms with Crippen molar-refractivity contribution < 1.29 is 4.79 Å². The van der Waals surface area contributed by atoms with E-state index in [1.54, 1.807) is 16.8 Å². The van der Waals surface area contributed by atoms with Crippen molar-refractivity contribution in [3.63, 3.8) is 0 Å². The van der Waals surface area contributed by atoms with Gasteiger partial charge in [-0.05, 0) is 30.0 Å². The van der Waals surface area contributed by atoms with E-state index in [-0.39, 0.29) is 5.91 Å². The Bertz CT molecular complexity index is 817. The van der Waals surface area contributed by atoms with Gasteiger partial charge < -0.3 is 5.32 Å². The third-order valence-electron chi connectivity index (χ3n) is 3.46. The Morgan fingerprint density at radius 2 is 2.13 bits per heavy atom. The number of carbonyl (C=O) groups excluding carboxylic acids is 1. The van der Waals surface area contributed by atoms with E-state index in [1.165, 1.54) is 6.33 Å². The van der Waals surface area contributed by atoms with E-state index in [0.717, 1.165) is 24.0 Å². The van der Waals surface area contributed by atoms with Gasteiger partial charge in [0.05, 0.1) is 6.42 Å². The van der Waals surface area contributed by atoms with Gasteiger partial charge in [0.1, 0.15) is 6.33 Å². The van der Waals surface area contributed by atoms with E-state index in [1.807, 2.05) is 24.4 Å². The number of amides is 1. The molecule has 23 heavy (non-hydrogen) atoms. The number of carbonyl (C=O) groups is 1. The monoisotopic (exact) mass is 329 g/mol. The molecule has 0 aliphatic rings. The van der Waals surface area contributed by atoms with Gasteiger partial charge in [0.25, 0.3) is 5.78 Å². The molecule has 0 saturated carbocycles. The smallest absolute Gasteiger partial charge is 0.252 e. The van der Waals surface area contributed by atoms with Crippen LogP contribution in [0.2, 0.25) is 5.02 Å². The van der Waals surface area contributed by atoms with Crippen molar-refractivity contribution in [3.05, 3.63) is 59.1 Å². The van der Waals surface area contributed by atoms with Crippen LogP contribution in [0.25, 0.3) is 5.78 Å². The largest absolute Gasteiger partial charge is 0.356 e. The van der Waals surface area contributed by atoms with Gasteiger partial charge in [-0.2, -0.15) is 10.1 Å². The van der Waals surface area contributed by atoms with Crippen molar-refractivity contribution >= 4 is 23.3 Å². The Morgan fingerprint density at radius 1 is 1.26 bits per heavy atom. The van der Waals surface area contributed by atoms with Gasteiger partial charge in [0.2, 0.25) is 5.91 Å². The lowest BCUT2D eigenvalue weighted by Crippen LogP contribution is -2.26. The highest BCUT2D eigenvalue weighted by Gasteiger charge is 2.06. The Kier molecular flexibility index (Phi) is 4.83. The molecule has 0 fully saturated rings. The van der Waals surface area contributed by atoms with E-state index < -0.39 is 0 Å². The Balaban J connectivity index is 1.44. The molecule has 6 nitrogen and oxygen atoms in total. The zero-order chi connectivity index (χ0) is 16.1. The fourth-order valence-electron chi connectivity index (χ4n) is 2.29. The first kappa shape index (κ1) is 15.4. The maximum Gasteiger partial charge on any atom is 0.252 e. The van der Waals surface area contributed by atoms with Crippen LogP contribution in [0, 0.1) is 0 Å². The van der Waals surface area contributed by atoms with Gasteiger partial charge in [-0.25, -0.2) is 9.50 Å². The van der Waals surface area contributed by atoms with Crippen LogP contribution >= 0.6 is 11.6 Å². The Morgan fingerprint density at radius 3 is 3.00 bits per heavy atom. The van der Waals surface area contributed by atoms with Crippen molar-refractivity contribution in [2.45, 2.75) is 19.3 Å². The number of nitrogens with zero attached hydrogens (tertiary/aromatic N) is 4. The molecule has 0 aliphatic carbocycles. The van der Waals surface area contributed by atoms with Crippen LogP contribution in [0.1, 0.15) is 17.5 Å². The molecule has 1 amide bonds. The van der Waals surface area contributed by atoms with Gasteiger partial charge in [0, 0.05) is 24.0 Å². The summed E-state index contributed by atoms with van der Waals surface area (Å²) in [6, 6.07) is 7.38. The van der Waals surface area contributed by atoms with Crippen LogP contribution in [0.4, 0.5) is 0 Å². The number of fused-ring (bicyclic) bond motifs is 1. The zero-order valence-electron chi connectivity index (χ0n) is 12.4. The van der Waals surface area contributed by atoms with Crippen LogP contribution in [0.3, 0.4) is 0 Å². The standard InChI is InChI=1S/C16H16ClN5O/c17-14-6-2-1-5-13(14)8-15(23)18-7-3-4-12-9-19-16-20-11-21-22(16)10-12/h1-2,5-6,9-11H,3-4,7-8H2,(H,18,23). The van der Waals surface area contributed by atoms with E-state index in [9.17, 15) is 4.79 Å². The molecule has 3 aromatic rings. The second-order valence-corrected chi connectivity index (χ2v) is 5.60. The number of nitrogens with one attached hydrogen (secondary N) is 1. The Hall–Kier alpha value is -2.47. The van der Waals surface area contributed by atoms with E-state index in [2.05, 4.69) is 20.4 Å². The first-order chi connectivity index (χ1) is 11.2. The lowest BCUT2D eigenvalue weighted by Gasteiger charge is -2.06. The number of aromatic nitrogens is 4. The summed E-state index contributed by atoms with van der Waals surface area (Å²) in [7, 11) is 0. The molecule has 0 saturated heterocycles. The summed E-state index contributed by atoms with van der Waals surface area (Å²) in [6.07, 6.45) is 7.11. The van der Waals surface area contributed by atoms with Gasteiger partial charge in [-0.15, -0.1) is 0 Å². The summed E-state index contributed by atoms with van der Waals surface area (Å²) in [4.78, 5) is 20.1. The summed E-state index contributed by atoms with van der Waals surface area (Å²) >= 11 is 6.05. The van der Waals surface area contributed by atoms with Crippen LogP contribution < -0.4 is 5.32 Å². The predicted octanol–water partition coefficient (Wildman–Crippen LogP) is 2.07. The first-order valence-electron chi connectivity index (χ1n) is 7.37. The molecule has 1 aromatic carbocycles. The average Bonchev–Trinajstić information content (AvgIpc) is 3.01. The quantitative estimate of drug-likeness (QED) is 0.703. The number of benzene rings is 1. The predicted molar refractivity (Wildman–Crippen MR) is 87.3 cm³/mol. The lowest BCUT2D eigenvalue weighted by molar-refractivity contribution is -0.120. The number of aryl methyl sites for hydroxylation is 1. The summed E-state index contributed by atoms with van der Waals surface area (Å²) in [5, 5.41) is 7.58. The molecule has 0 bridgehead atoms. The highest BCUT2D eigenvalue weighted by Crippen LogP contribution is 2.15. The SMILES string of the molecule is O=C(Cc1ccccc1Cl)NCCCc1cnc2ncnn2c1. The highest BCUT2D eigenvalue weighted by molar-refractivity contribution is 6.31. The summed E-state index contributed by atoms with van der Waals surface area (Å²) < 4.78 is 1.64. The maximum absolute atomic E-state index is 11.9. The summed E-state index contributed by atoms with van der Waals surface area (Å²) in [6.45, 7) is 0.610. The van der Waals surface area contributed by atoms with Crippen LogP contribution in [-0.4, -0.2) is 32.0 Å². The molecule has 2 aromatic heterocycles. The zero-order valence-corrected chi connectivity index (χ0v) is 13.2. The van der Waals surface area contributed by atoms with E-state index in [4.69, 9.17) is 11.6 Å². The molecule has 118 valence electrons. The molecule has 0 atom stereocenters. The first-order valence-corrected chi connectivity index (χ1v) is 7.74. The van der Waals surface area contributed by atoms with Crippen LogP contribution in [-0.2, 0) is 17.6 Å². The van der Waals surface area contributed by atoms with Gasteiger partial charge in [0.15, 0.2) is 0 Å². The van der Waals surface area contributed by atoms with Gasteiger partial charge in [-0.1, -0.05) is 29.8 Å². The summed E-state index contributed by atoms with van der Waals surface area (Å²) in [5.74, 6) is 0.560. The van der Waals surface area contributed by atoms with Crippen LogP contribution in [0.15, 0.2) is 43.0 Å². The molecule has 0 spiro atoms. The van der Waals surface area contributed by atoms with Crippen molar-refractivity contribution in [2.75, 3.05) is 6.54 Å². The van der Waals surface area contributed by atoms with Gasteiger partial charge >= 0.3 is 0 Å². The number of rotatable bonds is 6. The second kappa shape index (κ2) is 7.19. The van der Waals surface area contributed by atoms with Crippen molar-refractivity contribution in [2.24, 2.45) is 0 Å². The molecule has 0 radical (unpaired) electrons. The molecule has 0 unspecified atom stereocenters. The third-order valence-corrected chi connectivity index (χ3v) is 3.83. The molecule has 3 rings (SSSR count). The average molecular weight is 330 g/mol. The normalized spacial score (nSPS) is 10.8. The molecule has 7 heteroatoms. The van der Waals surface area contributed by atoms with Crippen molar-refractivity contribution in [1.29, 1.82) is 0 Å². The number of hydrogen-bond acceptors (Lipinski definition) is 4. The Labute approximate surface area is 138 Å². The maximum atomic E-state index is 11.9. The molecular weight excluding hydrogens is 314 g/mol. The van der Waals surface area contributed by atoms with Crippen LogP contribution in [0.5, 0.6) is 0 Å². The number of halogens is 1. The fraction of sp³-hybridized carbons (Fsp3) is 0.250. The highest BCUT2D eigenvalue weighted by atomic mass is 35.5. The number of hydrogen-bond donors (Lipinski definition) is 1. The van der Waals surface area contributed by atoms with E-state index in [0.29, 0.717) is 23.8 Å². The topological polar surface area (TPSA) is 72.2 Å². The fourth-order valence-corrected chi connectivity index (χ4v) is 2.49. The third kappa shape index (κ3) is 4.04. The minimum absolute atomic E-state index is 0.0250. The minimum atomic E-state index is -0.0250. The van der Waals surface area contributed by atoms with Crippen molar-refractivity contribution in [3.8, 4) is 0 Å². The second-order valence-electron chi connectivity index (χ2n) is 5.19. The molecule has 0 aliphatic heterocycles. The van der Waals surface area contributed by atoms with Gasteiger partial charge in [-0.3, -0.25) is 4.79 Å². The lowest BCUT2D eigenvalue weighted by atomic mass is 10.1. The van der Waals surface area contributed by atoms with E-state index >= 15 is 0 Å². The minimum Gasteiger partial charge on any atom is -0.356 e. The molecule has 1 N–H and O–H groups in total. The summed E-state index contributed by atoms with van der Waals surface area (Å²) in [5.41, 5.74) is 1.90. The van der Waals surface area contributed by atoms with Crippen molar-refractivity contribution in [1.82, 2.24) is 24.9 Å². The molecule has 2 heterocycles. The molecular formula is C16H16ClN5O.